The molecule has 0 aliphatic carbocycles. The van der Waals surface area contributed by atoms with Crippen LogP contribution in [0.25, 0.3) is 0 Å². The van der Waals surface area contributed by atoms with Crippen LogP contribution >= 0.6 is 0 Å². The highest BCUT2D eigenvalue weighted by Gasteiger charge is 2.40. The summed E-state index contributed by atoms with van der Waals surface area (Å²) in [6, 6.07) is 21.7. The standard InChI is InChI=1S/C35H30F8N2O5S/c1-32(36,37)31(46)45-16-15-24-13-14-30(17-25(24)21-45)51(47,48)44-22-33(20-23-7-3-2-4-8-23,26-9-5-11-28(18-26)49-34(38,39)40)27-10-6-12-29(19-27)50-35(41,42)43/h2-14,17-19,44H,15-16,20-22H2,1H3. The zero-order chi connectivity index (χ0) is 37.2. The van der Waals surface area contributed by atoms with Gasteiger partial charge in [-0.1, -0.05) is 60.7 Å². The lowest BCUT2D eigenvalue weighted by molar-refractivity contribution is -0.275. The molecule has 0 unspecified atom stereocenters. The summed E-state index contributed by atoms with van der Waals surface area (Å²) in [5.41, 5.74) is -0.0773. The van der Waals surface area contributed by atoms with E-state index in [0.717, 1.165) is 29.2 Å². The Morgan fingerprint density at radius 3 is 1.84 bits per heavy atom. The molecule has 7 nitrogen and oxygen atoms in total. The zero-order valence-electron chi connectivity index (χ0n) is 26.7. The van der Waals surface area contributed by atoms with Crippen LogP contribution in [0.2, 0.25) is 0 Å². The zero-order valence-corrected chi connectivity index (χ0v) is 27.5. The maximum atomic E-state index is 13.9. The second-order valence-electron chi connectivity index (χ2n) is 12.0. The van der Waals surface area contributed by atoms with Gasteiger partial charge in [0.15, 0.2) is 0 Å². The first-order valence-electron chi connectivity index (χ1n) is 15.3. The molecular weight excluding hydrogens is 712 g/mol. The number of rotatable bonds is 11. The monoisotopic (exact) mass is 742 g/mol. The minimum Gasteiger partial charge on any atom is -0.406 e. The summed E-state index contributed by atoms with van der Waals surface area (Å²) in [4.78, 5) is 12.9. The highest BCUT2D eigenvalue weighted by Crippen LogP contribution is 2.40. The molecule has 1 aliphatic heterocycles. The number of hydrogen-bond donors (Lipinski definition) is 1. The first-order chi connectivity index (χ1) is 23.7. The van der Waals surface area contributed by atoms with Crippen LogP contribution in [-0.4, -0.2) is 51.0 Å². The summed E-state index contributed by atoms with van der Waals surface area (Å²) < 4.78 is 146. The van der Waals surface area contributed by atoms with Crippen molar-refractivity contribution < 1.29 is 57.8 Å². The van der Waals surface area contributed by atoms with E-state index in [4.69, 9.17) is 0 Å². The number of fused-ring (bicyclic) bond motifs is 1. The molecule has 1 aliphatic rings. The number of ether oxygens (including phenoxy) is 2. The predicted molar refractivity (Wildman–Crippen MR) is 169 cm³/mol. The summed E-state index contributed by atoms with van der Waals surface area (Å²) in [5, 5.41) is 0. The molecule has 0 fully saturated rings. The molecule has 0 bridgehead atoms. The fourth-order valence-electron chi connectivity index (χ4n) is 6.02. The maximum absolute atomic E-state index is 13.9. The van der Waals surface area contributed by atoms with E-state index in [1.165, 1.54) is 42.5 Å². The van der Waals surface area contributed by atoms with Crippen LogP contribution in [0.15, 0.2) is 102 Å². The van der Waals surface area contributed by atoms with Gasteiger partial charge < -0.3 is 14.4 Å². The van der Waals surface area contributed by atoms with Crippen molar-refractivity contribution in [2.24, 2.45) is 0 Å². The Balaban J connectivity index is 1.60. The largest absolute Gasteiger partial charge is 0.573 e. The van der Waals surface area contributed by atoms with Gasteiger partial charge in [-0.3, -0.25) is 4.79 Å². The molecular formula is C35H30F8N2O5S. The molecule has 0 spiro atoms. The van der Waals surface area contributed by atoms with Gasteiger partial charge in [0.05, 0.1) is 4.90 Å². The molecule has 1 heterocycles. The average Bonchev–Trinajstić information content (AvgIpc) is 3.04. The van der Waals surface area contributed by atoms with Crippen molar-refractivity contribution in [1.82, 2.24) is 9.62 Å². The molecule has 1 N–H and O–H groups in total. The second kappa shape index (κ2) is 14.1. The fourth-order valence-corrected chi connectivity index (χ4v) is 7.16. The topological polar surface area (TPSA) is 84.9 Å². The predicted octanol–water partition coefficient (Wildman–Crippen LogP) is 7.53. The van der Waals surface area contributed by atoms with Gasteiger partial charge in [-0.15, -0.1) is 26.3 Å². The van der Waals surface area contributed by atoms with Gasteiger partial charge >= 0.3 is 18.6 Å². The minimum absolute atomic E-state index is 0.00412. The van der Waals surface area contributed by atoms with E-state index in [1.54, 1.807) is 30.3 Å². The molecule has 5 rings (SSSR count). The lowest BCUT2D eigenvalue weighted by atomic mass is 9.70. The molecule has 0 radical (unpaired) electrons. The van der Waals surface area contributed by atoms with E-state index in [-0.39, 0.29) is 42.0 Å². The Bertz CT molecular complexity index is 1920. The second-order valence-corrected chi connectivity index (χ2v) is 13.8. The van der Waals surface area contributed by atoms with Gasteiger partial charge in [0.2, 0.25) is 10.0 Å². The van der Waals surface area contributed by atoms with E-state index in [0.29, 0.717) is 23.6 Å². The van der Waals surface area contributed by atoms with Crippen LogP contribution in [0.3, 0.4) is 0 Å². The fraction of sp³-hybridized carbons (Fsp3) is 0.286. The van der Waals surface area contributed by atoms with Crippen molar-refractivity contribution in [2.45, 2.75) is 55.3 Å². The first kappa shape index (κ1) is 37.6. The van der Waals surface area contributed by atoms with E-state index in [1.807, 2.05) is 0 Å². The van der Waals surface area contributed by atoms with Gasteiger partial charge in [-0.25, -0.2) is 13.1 Å². The molecule has 51 heavy (non-hydrogen) atoms. The van der Waals surface area contributed by atoms with Gasteiger partial charge in [-0.05, 0) is 77.1 Å². The summed E-state index contributed by atoms with van der Waals surface area (Å²) in [6.07, 6.45) is -10.1. The van der Waals surface area contributed by atoms with Crippen LogP contribution in [0.5, 0.6) is 11.5 Å². The van der Waals surface area contributed by atoms with Crippen molar-refractivity contribution in [3.05, 3.63) is 125 Å². The minimum atomic E-state index is -5.09. The van der Waals surface area contributed by atoms with E-state index < -0.39 is 58.0 Å². The van der Waals surface area contributed by atoms with Crippen molar-refractivity contribution >= 4 is 15.9 Å². The number of hydrogen-bond acceptors (Lipinski definition) is 5. The summed E-state index contributed by atoms with van der Waals surface area (Å²) in [5.74, 6) is -6.38. The third kappa shape index (κ3) is 9.35. The van der Waals surface area contributed by atoms with Crippen molar-refractivity contribution in [3.8, 4) is 11.5 Å². The Morgan fingerprint density at radius 2 is 1.31 bits per heavy atom. The van der Waals surface area contributed by atoms with Gasteiger partial charge in [-0.2, -0.15) is 8.78 Å². The number of sulfonamides is 1. The van der Waals surface area contributed by atoms with Crippen molar-refractivity contribution in [1.29, 1.82) is 0 Å². The van der Waals surface area contributed by atoms with Crippen LogP contribution in [0, 0.1) is 0 Å². The number of carbonyl (C=O) groups is 1. The smallest absolute Gasteiger partial charge is 0.406 e. The Hall–Kier alpha value is -4.70. The Morgan fingerprint density at radius 1 is 0.745 bits per heavy atom. The number of amides is 1. The molecule has 0 atom stereocenters. The highest BCUT2D eigenvalue weighted by molar-refractivity contribution is 7.89. The van der Waals surface area contributed by atoms with Crippen LogP contribution < -0.4 is 14.2 Å². The van der Waals surface area contributed by atoms with Crippen LogP contribution in [-0.2, 0) is 39.6 Å². The van der Waals surface area contributed by atoms with Gasteiger partial charge in [0.1, 0.15) is 11.5 Å². The molecule has 0 aromatic heterocycles. The molecule has 4 aromatic rings. The summed E-state index contributed by atoms with van der Waals surface area (Å²) in [6.45, 7) is -0.418. The molecule has 16 heteroatoms. The van der Waals surface area contributed by atoms with E-state index in [2.05, 4.69) is 14.2 Å². The summed E-state index contributed by atoms with van der Waals surface area (Å²) >= 11 is 0. The highest BCUT2D eigenvalue weighted by atomic mass is 32.2. The van der Waals surface area contributed by atoms with Crippen molar-refractivity contribution in [2.75, 3.05) is 13.1 Å². The molecule has 0 saturated heterocycles. The van der Waals surface area contributed by atoms with Crippen LogP contribution in [0.1, 0.15) is 34.7 Å². The third-order valence-corrected chi connectivity index (χ3v) is 9.72. The van der Waals surface area contributed by atoms with Crippen molar-refractivity contribution in [3.63, 3.8) is 0 Å². The Labute approximate surface area is 287 Å². The number of carbonyl (C=O) groups excluding carboxylic acids is 1. The van der Waals surface area contributed by atoms with Crippen LogP contribution in [0.4, 0.5) is 35.1 Å². The quantitative estimate of drug-likeness (QED) is 0.161. The Kier molecular flexibility index (Phi) is 10.4. The van der Waals surface area contributed by atoms with Gasteiger partial charge in [0.25, 0.3) is 5.91 Å². The number of benzene rings is 4. The summed E-state index contributed by atoms with van der Waals surface area (Å²) in [7, 11) is -4.50. The SMILES string of the molecule is CC(F)(F)C(=O)N1CCc2ccc(S(=O)(=O)NCC(Cc3ccccc3)(c3cccc(OC(F)(F)F)c3)c3cccc(OC(F)(F)F)c3)cc2C1. The molecule has 1 amide bonds. The maximum Gasteiger partial charge on any atom is 0.573 e. The third-order valence-electron chi connectivity index (χ3n) is 8.32. The molecule has 0 saturated carbocycles. The normalized spacial score (nSPS) is 14.2. The molecule has 4 aromatic carbocycles. The van der Waals surface area contributed by atoms with Gasteiger partial charge in [0, 0.05) is 32.0 Å². The molecule has 272 valence electrons. The number of nitrogens with zero attached hydrogens (tertiary/aromatic N) is 1. The first-order valence-corrected chi connectivity index (χ1v) is 16.8. The number of alkyl halides is 8. The van der Waals surface area contributed by atoms with E-state index >= 15 is 0 Å². The number of halogens is 8. The lowest BCUT2D eigenvalue weighted by Gasteiger charge is -2.36. The number of nitrogens with one attached hydrogen (secondary N) is 1. The lowest BCUT2D eigenvalue weighted by Crippen LogP contribution is -2.44. The average molecular weight is 743 g/mol. The van der Waals surface area contributed by atoms with E-state index in [9.17, 15) is 48.3 Å².